The highest BCUT2D eigenvalue weighted by Crippen LogP contribution is 2.17. The normalized spacial score (nSPS) is 16.5. The van der Waals surface area contributed by atoms with Crippen LogP contribution in [0.1, 0.15) is 44.2 Å². The number of carbonyl (C=O) groups is 1. The minimum Gasteiger partial charge on any atom is -0.357 e. The number of rotatable bonds is 5. The van der Waals surface area contributed by atoms with Crippen LogP contribution in [0.15, 0.2) is 36.8 Å². The molecule has 0 radical (unpaired) electrons. The molecule has 128 valence electrons. The fraction of sp³-hybridized carbons (Fsp3) is 0.500. The molecule has 2 aromatic rings. The van der Waals surface area contributed by atoms with Gasteiger partial charge in [-0.1, -0.05) is 18.9 Å². The predicted molar refractivity (Wildman–Crippen MR) is 93.7 cm³/mol. The van der Waals surface area contributed by atoms with Gasteiger partial charge in [-0.15, -0.1) is 0 Å². The monoisotopic (exact) mass is 327 g/mol. The maximum absolute atomic E-state index is 12.2. The summed E-state index contributed by atoms with van der Waals surface area (Å²) in [6.45, 7) is 4.50. The van der Waals surface area contributed by atoms with Gasteiger partial charge in [0.05, 0.1) is 0 Å². The Morgan fingerprint density at radius 2 is 2.04 bits per heavy atom. The number of amides is 1. The van der Waals surface area contributed by atoms with Crippen LogP contribution in [-0.4, -0.2) is 33.8 Å². The highest BCUT2D eigenvalue weighted by atomic mass is 16.2. The molecule has 0 aliphatic carbocycles. The first-order valence-electron chi connectivity index (χ1n) is 8.71. The highest BCUT2D eigenvalue weighted by Gasteiger charge is 2.15. The lowest BCUT2D eigenvalue weighted by atomic mass is 10.2. The van der Waals surface area contributed by atoms with Crippen LogP contribution in [0.3, 0.4) is 0 Å². The number of anilines is 1. The third kappa shape index (κ3) is 4.13. The molecular formula is C18H25N5O. The summed E-state index contributed by atoms with van der Waals surface area (Å²) >= 11 is 0. The van der Waals surface area contributed by atoms with Gasteiger partial charge in [-0.05, 0) is 37.5 Å². The second kappa shape index (κ2) is 7.95. The minimum absolute atomic E-state index is 0.0460. The molecule has 0 spiro atoms. The SMILES string of the molecule is C[C@H](C(=O)NCc1ccc(N2CCCCCC2)nc1)n1cccn1. The topological polar surface area (TPSA) is 63.1 Å². The number of nitrogens with zero attached hydrogens (tertiary/aromatic N) is 4. The first-order valence-corrected chi connectivity index (χ1v) is 8.71. The molecule has 1 aliphatic rings. The molecule has 6 heteroatoms. The van der Waals surface area contributed by atoms with Crippen molar-refractivity contribution >= 4 is 11.7 Å². The van der Waals surface area contributed by atoms with E-state index in [1.54, 1.807) is 17.1 Å². The quantitative estimate of drug-likeness (QED) is 0.916. The largest absolute Gasteiger partial charge is 0.357 e. The van der Waals surface area contributed by atoms with Crippen LogP contribution in [0.5, 0.6) is 0 Å². The zero-order valence-corrected chi connectivity index (χ0v) is 14.2. The van der Waals surface area contributed by atoms with Crippen molar-refractivity contribution in [3.05, 3.63) is 42.4 Å². The standard InChI is InChI=1S/C18H25N5O/c1-15(23-12-6-9-21-23)18(24)20-14-16-7-8-17(19-13-16)22-10-4-2-3-5-11-22/h6-9,12-13,15H,2-5,10-11,14H2,1H3,(H,20,24)/t15-/m1/s1. The van der Waals surface area contributed by atoms with E-state index in [9.17, 15) is 4.79 Å². The Kier molecular flexibility index (Phi) is 5.46. The molecule has 3 heterocycles. The molecule has 0 unspecified atom stereocenters. The zero-order valence-electron chi connectivity index (χ0n) is 14.2. The van der Waals surface area contributed by atoms with Gasteiger partial charge in [-0.3, -0.25) is 9.48 Å². The van der Waals surface area contributed by atoms with Gasteiger partial charge in [-0.2, -0.15) is 5.10 Å². The van der Waals surface area contributed by atoms with Gasteiger partial charge < -0.3 is 10.2 Å². The summed E-state index contributed by atoms with van der Waals surface area (Å²) < 4.78 is 1.65. The molecule has 0 bridgehead atoms. The van der Waals surface area contributed by atoms with Crippen molar-refractivity contribution in [1.29, 1.82) is 0 Å². The first kappa shape index (κ1) is 16.5. The van der Waals surface area contributed by atoms with Gasteiger partial charge in [-0.25, -0.2) is 4.98 Å². The van der Waals surface area contributed by atoms with E-state index in [-0.39, 0.29) is 11.9 Å². The molecule has 1 amide bonds. The van der Waals surface area contributed by atoms with E-state index in [2.05, 4.69) is 26.4 Å². The van der Waals surface area contributed by atoms with Crippen LogP contribution >= 0.6 is 0 Å². The van der Waals surface area contributed by atoms with Crippen LogP contribution in [0.4, 0.5) is 5.82 Å². The van der Waals surface area contributed by atoms with Crippen LogP contribution in [-0.2, 0) is 11.3 Å². The maximum Gasteiger partial charge on any atom is 0.244 e. The van der Waals surface area contributed by atoms with Crippen LogP contribution in [0.2, 0.25) is 0 Å². The van der Waals surface area contributed by atoms with E-state index >= 15 is 0 Å². The smallest absolute Gasteiger partial charge is 0.244 e. The van der Waals surface area contributed by atoms with Gasteiger partial charge in [0, 0.05) is 38.2 Å². The summed E-state index contributed by atoms with van der Waals surface area (Å²) in [5.41, 5.74) is 1.01. The van der Waals surface area contributed by atoms with Crippen molar-refractivity contribution < 1.29 is 4.79 Å². The van der Waals surface area contributed by atoms with Crippen molar-refractivity contribution in [2.45, 2.75) is 45.2 Å². The summed E-state index contributed by atoms with van der Waals surface area (Å²) in [5, 5.41) is 7.04. The fourth-order valence-electron chi connectivity index (χ4n) is 2.97. The van der Waals surface area contributed by atoms with E-state index in [1.807, 2.05) is 25.3 Å². The second-order valence-electron chi connectivity index (χ2n) is 6.31. The Bertz CT molecular complexity index is 630. The molecule has 1 fully saturated rings. The Morgan fingerprint density at radius 1 is 1.25 bits per heavy atom. The molecule has 24 heavy (non-hydrogen) atoms. The van der Waals surface area contributed by atoms with Crippen molar-refractivity contribution in [2.75, 3.05) is 18.0 Å². The molecule has 0 saturated carbocycles. The Morgan fingerprint density at radius 3 is 2.67 bits per heavy atom. The summed E-state index contributed by atoms with van der Waals surface area (Å²) in [6, 6.07) is 5.61. The number of nitrogens with one attached hydrogen (secondary N) is 1. The maximum atomic E-state index is 12.2. The van der Waals surface area contributed by atoms with E-state index in [1.165, 1.54) is 25.7 Å². The van der Waals surface area contributed by atoms with Crippen LogP contribution < -0.4 is 10.2 Å². The third-order valence-corrected chi connectivity index (χ3v) is 4.51. The molecule has 1 saturated heterocycles. The van der Waals surface area contributed by atoms with Crippen LogP contribution in [0, 0.1) is 0 Å². The van der Waals surface area contributed by atoms with Crippen LogP contribution in [0.25, 0.3) is 0 Å². The Balaban J connectivity index is 1.53. The fourth-order valence-corrected chi connectivity index (χ4v) is 2.97. The zero-order chi connectivity index (χ0) is 16.8. The molecule has 0 aromatic carbocycles. The number of carbonyl (C=O) groups excluding carboxylic acids is 1. The molecular weight excluding hydrogens is 302 g/mol. The summed E-state index contributed by atoms with van der Waals surface area (Å²) in [4.78, 5) is 19.1. The molecule has 1 aliphatic heterocycles. The average molecular weight is 327 g/mol. The van der Waals surface area contributed by atoms with Gasteiger partial charge in [0.2, 0.25) is 5.91 Å². The lowest BCUT2D eigenvalue weighted by Gasteiger charge is -2.21. The number of pyridine rings is 1. The number of hydrogen-bond donors (Lipinski definition) is 1. The van der Waals surface area contributed by atoms with Crippen molar-refractivity contribution in [3.63, 3.8) is 0 Å². The predicted octanol–water partition coefficient (Wildman–Crippen LogP) is 2.54. The van der Waals surface area contributed by atoms with Crippen molar-refractivity contribution in [2.24, 2.45) is 0 Å². The van der Waals surface area contributed by atoms with Gasteiger partial charge in [0.1, 0.15) is 11.9 Å². The minimum atomic E-state index is -0.315. The van der Waals surface area contributed by atoms with Gasteiger partial charge >= 0.3 is 0 Å². The number of hydrogen-bond acceptors (Lipinski definition) is 4. The Labute approximate surface area is 142 Å². The summed E-state index contributed by atoms with van der Waals surface area (Å²) in [5.74, 6) is 0.993. The molecule has 1 N–H and O–H groups in total. The average Bonchev–Trinajstić information content (AvgIpc) is 3.02. The molecule has 3 rings (SSSR count). The summed E-state index contributed by atoms with van der Waals surface area (Å²) in [6.07, 6.45) is 10.4. The van der Waals surface area contributed by atoms with Gasteiger partial charge in [0.25, 0.3) is 0 Å². The first-order chi connectivity index (χ1) is 11.7. The molecule has 6 nitrogen and oxygen atoms in total. The van der Waals surface area contributed by atoms with Crippen molar-refractivity contribution in [3.8, 4) is 0 Å². The molecule has 2 aromatic heterocycles. The molecule has 1 atom stereocenters. The summed E-state index contributed by atoms with van der Waals surface area (Å²) in [7, 11) is 0. The Hall–Kier alpha value is -2.37. The third-order valence-electron chi connectivity index (χ3n) is 4.51. The second-order valence-corrected chi connectivity index (χ2v) is 6.31. The lowest BCUT2D eigenvalue weighted by Crippen LogP contribution is -2.31. The van der Waals surface area contributed by atoms with E-state index in [0.717, 1.165) is 24.5 Å². The van der Waals surface area contributed by atoms with E-state index < -0.39 is 0 Å². The number of aromatic nitrogens is 3. The van der Waals surface area contributed by atoms with E-state index in [4.69, 9.17) is 0 Å². The van der Waals surface area contributed by atoms with Gasteiger partial charge in [0.15, 0.2) is 0 Å². The van der Waals surface area contributed by atoms with Crippen molar-refractivity contribution in [1.82, 2.24) is 20.1 Å². The van der Waals surface area contributed by atoms with E-state index in [0.29, 0.717) is 6.54 Å². The lowest BCUT2D eigenvalue weighted by molar-refractivity contribution is -0.124. The highest BCUT2D eigenvalue weighted by molar-refractivity contribution is 5.79.